The molecule has 1 N–H and O–H groups in total. The first-order valence-corrected chi connectivity index (χ1v) is 8.42. The average molecular weight is 340 g/mol. The quantitative estimate of drug-likeness (QED) is 0.431. The second-order valence-electron chi connectivity index (χ2n) is 5.51. The third kappa shape index (κ3) is 6.67. The van der Waals surface area contributed by atoms with Crippen molar-refractivity contribution in [1.29, 1.82) is 0 Å². The van der Waals surface area contributed by atoms with Gasteiger partial charge < -0.3 is 9.47 Å². The molecule has 5 nitrogen and oxygen atoms in total. The highest BCUT2D eigenvalue weighted by atomic mass is 16.5. The highest BCUT2D eigenvalue weighted by Gasteiger charge is 2.01. The molecule has 0 unspecified atom stereocenters. The van der Waals surface area contributed by atoms with Gasteiger partial charge in [-0.25, -0.2) is 5.43 Å². The van der Waals surface area contributed by atoms with E-state index in [1.54, 1.807) is 6.21 Å². The Bertz CT molecular complexity index is 696. The van der Waals surface area contributed by atoms with Gasteiger partial charge in [0.2, 0.25) is 5.91 Å². The number of hydrogen-bond acceptors (Lipinski definition) is 4. The van der Waals surface area contributed by atoms with Gasteiger partial charge in [0, 0.05) is 18.9 Å². The largest absolute Gasteiger partial charge is 0.493 e. The number of nitrogens with one attached hydrogen (secondary N) is 1. The van der Waals surface area contributed by atoms with Crippen LogP contribution in [0.15, 0.2) is 53.6 Å². The summed E-state index contributed by atoms with van der Waals surface area (Å²) in [5.74, 6) is 1.39. The molecule has 0 aliphatic heterocycles. The van der Waals surface area contributed by atoms with Crippen molar-refractivity contribution in [1.82, 2.24) is 5.43 Å². The summed E-state index contributed by atoms with van der Waals surface area (Å²) in [7, 11) is 0. The van der Waals surface area contributed by atoms with Gasteiger partial charge in [0.15, 0.2) is 0 Å². The summed E-state index contributed by atoms with van der Waals surface area (Å²) in [5, 5.41) is 3.87. The minimum Gasteiger partial charge on any atom is -0.493 e. The highest BCUT2D eigenvalue weighted by Crippen LogP contribution is 2.16. The highest BCUT2D eigenvalue weighted by molar-refractivity contribution is 5.84. The molecule has 0 heterocycles. The number of carbonyl (C=O) groups is 1. The van der Waals surface area contributed by atoms with E-state index >= 15 is 0 Å². The van der Waals surface area contributed by atoms with Crippen LogP contribution in [0.25, 0.3) is 0 Å². The second-order valence-corrected chi connectivity index (χ2v) is 5.51. The van der Waals surface area contributed by atoms with Gasteiger partial charge in [-0.15, -0.1) is 0 Å². The molecule has 132 valence electrons. The Morgan fingerprint density at radius 2 is 1.80 bits per heavy atom. The smallest absolute Gasteiger partial charge is 0.236 e. The van der Waals surface area contributed by atoms with Crippen molar-refractivity contribution in [2.24, 2.45) is 5.10 Å². The van der Waals surface area contributed by atoms with Crippen LogP contribution in [0.5, 0.6) is 11.5 Å². The van der Waals surface area contributed by atoms with E-state index in [0.29, 0.717) is 13.2 Å². The summed E-state index contributed by atoms with van der Waals surface area (Å²) in [5.41, 5.74) is 4.49. The summed E-state index contributed by atoms with van der Waals surface area (Å²) in [6, 6.07) is 15.7. The van der Waals surface area contributed by atoms with E-state index in [1.807, 2.05) is 36.4 Å². The maximum absolute atomic E-state index is 10.8. The van der Waals surface area contributed by atoms with E-state index in [0.717, 1.165) is 29.9 Å². The van der Waals surface area contributed by atoms with Gasteiger partial charge in [0.05, 0.1) is 19.4 Å². The van der Waals surface area contributed by atoms with Crippen molar-refractivity contribution < 1.29 is 14.3 Å². The van der Waals surface area contributed by atoms with E-state index < -0.39 is 0 Å². The molecule has 0 bridgehead atoms. The fourth-order valence-corrected chi connectivity index (χ4v) is 2.16. The number of rotatable bonds is 9. The molecule has 0 aromatic heterocycles. The summed E-state index contributed by atoms with van der Waals surface area (Å²) in [4.78, 5) is 10.8. The average Bonchev–Trinajstić information content (AvgIpc) is 2.63. The molecular formula is C20H24N2O3. The lowest BCUT2D eigenvalue weighted by molar-refractivity contribution is -0.118. The van der Waals surface area contributed by atoms with Crippen LogP contribution in [0.4, 0.5) is 0 Å². The lowest BCUT2D eigenvalue weighted by Gasteiger charge is -2.10. The standard InChI is InChI=1S/C20H24N2O3/c1-3-17-9-11-19(12-10-17)24-13-6-14-25-20-8-5-4-7-18(20)15-21-22-16(2)23/h4-5,7-12,15H,3,6,13-14H2,1-2H3,(H,22,23)/b21-15+. The Kier molecular flexibility index (Phi) is 7.50. The Morgan fingerprint density at radius 1 is 1.08 bits per heavy atom. The van der Waals surface area contributed by atoms with Gasteiger partial charge in [0.25, 0.3) is 0 Å². The lowest BCUT2D eigenvalue weighted by Crippen LogP contribution is -2.12. The van der Waals surface area contributed by atoms with Crippen LogP contribution in [-0.4, -0.2) is 25.3 Å². The van der Waals surface area contributed by atoms with Gasteiger partial charge in [-0.1, -0.05) is 31.2 Å². The number of amides is 1. The zero-order valence-corrected chi connectivity index (χ0v) is 14.7. The van der Waals surface area contributed by atoms with E-state index in [9.17, 15) is 4.79 Å². The third-order valence-corrected chi connectivity index (χ3v) is 3.49. The fourth-order valence-electron chi connectivity index (χ4n) is 2.16. The predicted molar refractivity (Wildman–Crippen MR) is 99.3 cm³/mol. The molecule has 1 amide bonds. The number of hydrazone groups is 1. The van der Waals surface area contributed by atoms with Gasteiger partial charge in [0.1, 0.15) is 11.5 Å². The molecule has 0 radical (unpaired) electrons. The molecule has 0 atom stereocenters. The van der Waals surface area contributed by atoms with E-state index in [-0.39, 0.29) is 5.91 Å². The van der Waals surface area contributed by atoms with Gasteiger partial charge in [-0.2, -0.15) is 5.10 Å². The number of hydrogen-bond donors (Lipinski definition) is 1. The van der Waals surface area contributed by atoms with Crippen molar-refractivity contribution in [3.63, 3.8) is 0 Å². The minimum absolute atomic E-state index is 0.209. The number of aryl methyl sites for hydroxylation is 1. The topological polar surface area (TPSA) is 59.9 Å². The van der Waals surface area contributed by atoms with Gasteiger partial charge in [-0.05, 0) is 36.2 Å². The molecule has 0 fully saturated rings. The molecular weight excluding hydrogens is 316 g/mol. The number of para-hydroxylation sites is 1. The molecule has 2 rings (SSSR count). The zero-order valence-electron chi connectivity index (χ0n) is 14.7. The molecule has 0 saturated carbocycles. The normalized spacial score (nSPS) is 10.6. The summed E-state index contributed by atoms with van der Waals surface area (Å²) in [6.45, 7) is 4.67. The van der Waals surface area contributed by atoms with Crippen molar-refractivity contribution in [3.05, 3.63) is 59.7 Å². The Balaban J connectivity index is 1.75. The van der Waals surface area contributed by atoms with E-state index in [4.69, 9.17) is 9.47 Å². The lowest BCUT2D eigenvalue weighted by atomic mass is 10.2. The summed E-state index contributed by atoms with van der Waals surface area (Å²) in [6.07, 6.45) is 3.37. The molecule has 0 aliphatic rings. The first-order chi connectivity index (χ1) is 12.2. The van der Waals surface area contributed by atoms with Gasteiger partial charge >= 0.3 is 0 Å². The maximum Gasteiger partial charge on any atom is 0.236 e. The number of nitrogens with zero attached hydrogens (tertiary/aromatic N) is 1. The predicted octanol–water partition coefficient (Wildman–Crippen LogP) is 3.57. The first kappa shape index (κ1) is 18.5. The molecule has 25 heavy (non-hydrogen) atoms. The summed E-state index contributed by atoms with van der Waals surface area (Å²) < 4.78 is 11.5. The van der Waals surface area contributed by atoms with Crippen LogP contribution < -0.4 is 14.9 Å². The van der Waals surface area contributed by atoms with Crippen molar-refractivity contribution in [2.75, 3.05) is 13.2 Å². The Hall–Kier alpha value is -2.82. The van der Waals surface area contributed by atoms with E-state index in [1.165, 1.54) is 12.5 Å². The Morgan fingerprint density at radius 3 is 2.52 bits per heavy atom. The number of carbonyl (C=O) groups excluding carboxylic acids is 1. The monoisotopic (exact) mass is 340 g/mol. The van der Waals surface area contributed by atoms with Crippen molar-refractivity contribution in [2.45, 2.75) is 26.7 Å². The molecule has 0 aliphatic carbocycles. The van der Waals surface area contributed by atoms with Crippen LogP contribution in [0.2, 0.25) is 0 Å². The second kappa shape index (κ2) is 10.1. The Labute approximate surface area is 148 Å². The molecule has 2 aromatic rings. The van der Waals surface area contributed by atoms with Crippen LogP contribution >= 0.6 is 0 Å². The van der Waals surface area contributed by atoms with Gasteiger partial charge in [-0.3, -0.25) is 4.79 Å². The molecule has 2 aromatic carbocycles. The van der Waals surface area contributed by atoms with Crippen molar-refractivity contribution in [3.8, 4) is 11.5 Å². The summed E-state index contributed by atoms with van der Waals surface area (Å²) >= 11 is 0. The van der Waals surface area contributed by atoms with Crippen LogP contribution in [0.1, 0.15) is 31.4 Å². The molecule has 0 spiro atoms. The van der Waals surface area contributed by atoms with Crippen molar-refractivity contribution >= 4 is 12.1 Å². The maximum atomic E-state index is 10.8. The minimum atomic E-state index is -0.209. The van der Waals surface area contributed by atoms with Crippen LogP contribution in [0.3, 0.4) is 0 Å². The fraction of sp³-hybridized carbons (Fsp3) is 0.300. The van der Waals surface area contributed by atoms with Crippen LogP contribution in [0, 0.1) is 0 Å². The SMILES string of the molecule is CCc1ccc(OCCCOc2ccccc2/C=N/NC(C)=O)cc1. The molecule has 0 saturated heterocycles. The number of benzene rings is 2. The first-order valence-electron chi connectivity index (χ1n) is 8.42. The third-order valence-electron chi connectivity index (χ3n) is 3.49. The zero-order chi connectivity index (χ0) is 17.9. The molecule has 5 heteroatoms. The van der Waals surface area contributed by atoms with E-state index in [2.05, 4.69) is 29.6 Å². The van der Waals surface area contributed by atoms with Crippen LogP contribution in [-0.2, 0) is 11.2 Å². The number of ether oxygens (including phenoxy) is 2.